The van der Waals surface area contributed by atoms with Crippen molar-refractivity contribution in [2.45, 2.75) is 25.4 Å². The van der Waals surface area contributed by atoms with Crippen molar-refractivity contribution in [1.29, 1.82) is 0 Å². The third-order valence-electron chi connectivity index (χ3n) is 4.72. The van der Waals surface area contributed by atoms with Crippen LogP contribution >= 0.6 is 11.3 Å². The lowest BCUT2D eigenvalue weighted by Gasteiger charge is -2.28. The topological polar surface area (TPSA) is 78.5 Å². The number of carbonyl (C=O) groups excluding carboxylic acids is 3. The first-order chi connectivity index (χ1) is 11.5. The smallest absolute Gasteiger partial charge is 0.261 e. The van der Waals surface area contributed by atoms with Gasteiger partial charge in [-0.15, -0.1) is 11.3 Å². The number of carbonyl (C=O) groups is 3. The number of piperazine rings is 1. The molecule has 0 saturated carbocycles. The molecule has 2 fully saturated rings. The van der Waals surface area contributed by atoms with E-state index >= 15 is 0 Å². The van der Waals surface area contributed by atoms with Crippen molar-refractivity contribution in [3.63, 3.8) is 0 Å². The number of nitrogens with one attached hydrogen (secondary N) is 2. The quantitative estimate of drug-likeness (QED) is 0.855. The predicted octanol–water partition coefficient (Wildman–Crippen LogP) is 1.04. The van der Waals surface area contributed by atoms with Gasteiger partial charge in [0.05, 0.1) is 11.4 Å². The molecule has 4 rings (SSSR count). The lowest BCUT2D eigenvalue weighted by molar-refractivity contribution is -0.143. The molecule has 7 heteroatoms. The molecule has 3 heterocycles. The molecule has 2 aliphatic heterocycles. The van der Waals surface area contributed by atoms with Gasteiger partial charge in [0.15, 0.2) is 0 Å². The molecule has 2 N–H and O–H groups in total. The molecular weight excluding hydrogens is 326 g/mol. The molecule has 0 unspecified atom stereocenters. The lowest BCUT2D eigenvalue weighted by Crippen LogP contribution is -2.55. The number of hydrogen-bond acceptors (Lipinski definition) is 4. The SMILES string of the molecule is Cc1c(C(=O)N[C@H]2C[C@H]3C(=O)NCC(=O)N3C2)sc2ccccc12. The molecule has 6 nitrogen and oxygen atoms in total. The van der Waals surface area contributed by atoms with Crippen molar-refractivity contribution in [3.8, 4) is 0 Å². The van der Waals surface area contributed by atoms with Crippen molar-refractivity contribution >= 4 is 39.1 Å². The van der Waals surface area contributed by atoms with E-state index in [1.165, 1.54) is 11.3 Å². The second-order valence-corrected chi connectivity index (χ2v) is 7.29. The van der Waals surface area contributed by atoms with Crippen molar-refractivity contribution in [1.82, 2.24) is 15.5 Å². The summed E-state index contributed by atoms with van der Waals surface area (Å²) in [5, 5.41) is 6.68. The maximum atomic E-state index is 12.7. The Bertz CT molecular complexity index is 836. The molecule has 0 aliphatic carbocycles. The number of nitrogens with zero attached hydrogens (tertiary/aromatic N) is 1. The number of aryl methyl sites for hydroxylation is 1. The Kier molecular flexibility index (Phi) is 3.53. The molecule has 0 spiro atoms. The molecule has 1 aromatic heterocycles. The van der Waals surface area contributed by atoms with Crippen LogP contribution in [-0.4, -0.2) is 47.8 Å². The summed E-state index contributed by atoms with van der Waals surface area (Å²) in [5.41, 5.74) is 0.970. The molecular formula is C17H17N3O3S. The highest BCUT2D eigenvalue weighted by atomic mass is 32.1. The van der Waals surface area contributed by atoms with Crippen LogP contribution in [0.2, 0.25) is 0 Å². The third-order valence-corrected chi connectivity index (χ3v) is 5.99. The summed E-state index contributed by atoms with van der Waals surface area (Å²) in [6, 6.07) is 7.28. The minimum Gasteiger partial charge on any atom is -0.347 e. The molecule has 3 amide bonds. The molecule has 124 valence electrons. The van der Waals surface area contributed by atoms with Crippen LogP contribution in [0.25, 0.3) is 10.1 Å². The zero-order valence-corrected chi connectivity index (χ0v) is 14.0. The van der Waals surface area contributed by atoms with Gasteiger partial charge in [0.25, 0.3) is 5.91 Å². The number of benzene rings is 1. The van der Waals surface area contributed by atoms with Crippen molar-refractivity contribution in [2.24, 2.45) is 0 Å². The van der Waals surface area contributed by atoms with E-state index in [2.05, 4.69) is 10.6 Å². The van der Waals surface area contributed by atoms with Crippen molar-refractivity contribution in [3.05, 3.63) is 34.7 Å². The van der Waals surface area contributed by atoms with Gasteiger partial charge in [-0.25, -0.2) is 0 Å². The summed E-state index contributed by atoms with van der Waals surface area (Å²) < 4.78 is 1.08. The largest absolute Gasteiger partial charge is 0.347 e. The van der Waals surface area contributed by atoms with Gasteiger partial charge < -0.3 is 15.5 Å². The Morgan fingerprint density at radius 2 is 2.12 bits per heavy atom. The van der Waals surface area contributed by atoms with E-state index in [1.807, 2.05) is 31.2 Å². The van der Waals surface area contributed by atoms with Crippen LogP contribution in [0, 0.1) is 6.92 Å². The highest BCUT2D eigenvalue weighted by molar-refractivity contribution is 7.21. The van der Waals surface area contributed by atoms with Gasteiger partial charge in [-0.05, 0) is 30.4 Å². The fourth-order valence-corrected chi connectivity index (χ4v) is 4.60. The van der Waals surface area contributed by atoms with Crippen LogP contribution in [0.1, 0.15) is 21.7 Å². The average molecular weight is 343 g/mol. The number of thiophene rings is 1. The van der Waals surface area contributed by atoms with Gasteiger partial charge >= 0.3 is 0 Å². The van der Waals surface area contributed by atoms with Crippen LogP contribution < -0.4 is 10.6 Å². The second kappa shape index (κ2) is 5.59. The van der Waals surface area contributed by atoms with Crippen LogP contribution in [0.4, 0.5) is 0 Å². The molecule has 2 aromatic rings. The Balaban J connectivity index is 1.53. The van der Waals surface area contributed by atoms with E-state index < -0.39 is 6.04 Å². The lowest BCUT2D eigenvalue weighted by atomic mass is 10.1. The van der Waals surface area contributed by atoms with Gasteiger partial charge in [0.2, 0.25) is 11.8 Å². The number of fused-ring (bicyclic) bond motifs is 2. The van der Waals surface area contributed by atoms with Gasteiger partial charge in [-0.1, -0.05) is 18.2 Å². The Hall–Kier alpha value is -2.41. The van der Waals surface area contributed by atoms with Gasteiger partial charge in [-0.3, -0.25) is 14.4 Å². The van der Waals surface area contributed by atoms with Crippen LogP contribution in [-0.2, 0) is 9.59 Å². The standard InChI is InChI=1S/C17H17N3O3S/c1-9-11-4-2-3-5-13(11)24-15(9)17(23)19-10-6-12-16(22)18-7-14(21)20(12)8-10/h2-5,10,12H,6-8H2,1H3,(H,18,22)(H,19,23)/t10-,12-/m0/s1. The fraction of sp³-hybridized carbons (Fsp3) is 0.353. The monoisotopic (exact) mass is 343 g/mol. The summed E-state index contributed by atoms with van der Waals surface area (Å²) in [7, 11) is 0. The Morgan fingerprint density at radius 1 is 1.33 bits per heavy atom. The molecule has 0 radical (unpaired) electrons. The van der Waals surface area contributed by atoms with Gasteiger partial charge in [-0.2, -0.15) is 0 Å². The zero-order chi connectivity index (χ0) is 16.8. The van der Waals surface area contributed by atoms with E-state index in [1.54, 1.807) is 4.90 Å². The first-order valence-corrected chi connectivity index (χ1v) is 8.72. The minimum absolute atomic E-state index is 0.0470. The molecule has 2 aliphatic rings. The van der Waals surface area contributed by atoms with Crippen LogP contribution in [0.15, 0.2) is 24.3 Å². The Labute approximate surface area is 142 Å². The summed E-state index contributed by atoms with van der Waals surface area (Å²) in [6.07, 6.45) is 0.466. The van der Waals surface area contributed by atoms with E-state index in [0.29, 0.717) is 17.8 Å². The van der Waals surface area contributed by atoms with Gasteiger partial charge in [0.1, 0.15) is 6.04 Å². The molecule has 24 heavy (non-hydrogen) atoms. The first kappa shape index (κ1) is 15.1. The summed E-state index contributed by atoms with van der Waals surface area (Å²) in [6.45, 7) is 2.39. The fourth-order valence-electron chi connectivity index (χ4n) is 3.49. The van der Waals surface area contributed by atoms with E-state index in [4.69, 9.17) is 0 Å². The highest BCUT2D eigenvalue weighted by Gasteiger charge is 2.42. The average Bonchev–Trinajstić information content (AvgIpc) is 3.14. The van der Waals surface area contributed by atoms with Crippen LogP contribution in [0.3, 0.4) is 0 Å². The number of hydrogen-bond donors (Lipinski definition) is 2. The predicted molar refractivity (Wildman–Crippen MR) is 90.9 cm³/mol. The number of amides is 3. The van der Waals surface area contributed by atoms with E-state index in [0.717, 1.165) is 15.6 Å². The number of rotatable bonds is 2. The maximum absolute atomic E-state index is 12.7. The summed E-state index contributed by atoms with van der Waals surface area (Å²) in [4.78, 5) is 38.7. The molecule has 2 atom stereocenters. The van der Waals surface area contributed by atoms with Crippen molar-refractivity contribution < 1.29 is 14.4 Å². The molecule has 2 saturated heterocycles. The Morgan fingerprint density at radius 3 is 2.88 bits per heavy atom. The zero-order valence-electron chi connectivity index (χ0n) is 13.2. The van der Waals surface area contributed by atoms with Crippen molar-refractivity contribution in [2.75, 3.05) is 13.1 Å². The van der Waals surface area contributed by atoms with E-state index in [9.17, 15) is 14.4 Å². The summed E-state index contributed by atoms with van der Waals surface area (Å²) >= 11 is 1.47. The summed E-state index contributed by atoms with van der Waals surface area (Å²) in [5.74, 6) is -0.356. The van der Waals surface area contributed by atoms with E-state index in [-0.39, 0.29) is 30.3 Å². The van der Waals surface area contributed by atoms with Gasteiger partial charge in [0, 0.05) is 17.3 Å². The third kappa shape index (κ3) is 2.36. The first-order valence-electron chi connectivity index (χ1n) is 7.91. The molecule has 1 aromatic carbocycles. The maximum Gasteiger partial charge on any atom is 0.261 e. The normalized spacial score (nSPS) is 23.3. The second-order valence-electron chi connectivity index (χ2n) is 6.24. The minimum atomic E-state index is -0.458. The van der Waals surface area contributed by atoms with Crippen LogP contribution in [0.5, 0.6) is 0 Å². The highest BCUT2D eigenvalue weighted by Crippen LogP contribution is 2.31. The molecule has 0 bridgehead atoms.